The first-order chi connectivity index (χ1) is 21.5. The summed E-state index contributed by atoms with van der Waals surface area (Å²) in [4.78, 5) is 37.9. The van der Waals surface area contributed by atoms with Crippen molar-refractivity contribution in [2.24, 2.45) is 12.5 Å². The lowest BCUT2D eigenvalue weighted by molar-refractivity contribution is 0.0984. The van der Waals surface area contributed by atoms with E-state index in [1.165, 1.54) is 32.7 Å². The Morgan fingerprint density at radius 3 is 2.69 bits per heavy atom. The van der Waals surface area contributed by atoms with Gasteiger partial charge in [0.2, 0.25) is 0 Å². The Balaban J connectivity index is 1.23. The Hall–Kier alpha value is -3.86. The first kappa shape index (κ1) is 29.8. The van der Waals surface area contributed by atoms with Crippen LogP contribution in [0.4, 0.5) is 21.6 Å². The average molecular weight is 628 g/mol. The lowest BCUT2D eigenvalue weighted by Crippen LogP contribution is -2.38. The van der Waals surface area contributed by atoms with Gasteiger partial charge in [-0.25, -0.2) is 9.37 Å². The van der Waals surface area contributed by atoms with E-state index >= 15 is 4.39 Å². The first-order valence-corrected chi connectivity index (χ1v) is 16.4. The number of aliphatic hydroxyl groups excluding tert-OH is 1. The highest BCUT2D eigenvalue weighted by Gasteiger charge is 2.38. The Labute approximate surface area is 266 Å². The van der Waals surface area contributed by atoms with Gasteiger partial charge in [0, 0.05) is 61.0 Å². The summed E-state index contributed by atoms with van der Waals surface area (Å²) in [5.74, 6) is -0.105. The Kier molecular flexibility index (Phi) is 7.42. The van der Waals surface area contributed by atoms with Gasteiger partial charge in [-0.15, -0.1) is 11.3 Å². The van der Waals surface area contributed by atoms with Gasteiger partial charge in [-0.1, -0.05) is 26.8 Å². The molecule has 1 aromatic carbocycles. The number of aromatic nitrogens is 2. The molecule has 4 aromatic rings. The van der Waals surface area contributed by atoms with Gasteiger partial charge in [0.15, 0.2) is 0 Å². The van der Waals surface area contributed by atoms with Crippen molar-refractivity contribution in [3.05, 3.63) is 90.4 Å². The van der Waals surface area contributed by atoms with Crippen molar-refractivity contribution < 1.29 is 14.3 Å². The molecular formula is C35H38FN5O3S. The van der Waals surface area contributed by atoms with Crippen LogP contribution in [0.5, 0.6) is 0 Å². The number of hydrogen-bond donors (Lipinski definition) is 2. The molecule has 0 saturated carbocycles. The topological polar surface area (TPSA) is 90.7 Å². The van der Waals surface area contributed by atoms with E-state index in [1.807, 2.05) is 12.1 Å². The van der Waals surface area contributed by atoms with E-state index in [2.05, 4.69) is 31.0 Å². The van der Waals surface area contributed by atoms with Gasteiger partial charge < -0.3 is 19.9 Å². The molecule has 3 aromatic heterocycles. The molecular weight excluding hydrogens is 589 g/mol. The summed E-state index contributed by atoms with van der Waals surface area (Å²) in [5.41, 5.74) is 6.66. The summed E-state index contributed by atoms with van der Waals surface area (Å²) in [6.45, 7) is 9.46. The normalized spacial score (nSPS) is 17.3. The number of thiophene rings is 1. The van der Waals surface area contributed by atoms with Crippen molar-refractivity contribution in [1.82, 2.24) is 14.5 Å². The van der Waals surface area contributed by atoms with Crippen LogP contribution in [0.15, 0.2) is 41.3 Å². The van der Waals surface area contributed by atoms with Crippen LogP contribution in [0.1, 0.15) is 63.3 Å². The maximum atomic E-state index is 15.4. The molecule has 3 aliphatic rings. The molecule has 2 aliphatic heterocycles. The maximum Gasteiger partial charge on any atom is 0.274 e. The highest BCUT2D eigenvalue weighted by molar-refractivity contribution is 7.14. The Morgan fingerprint density at radius 1 is 1.09 bits per heavy atom. The molecule has 0 saturated heterocycles. The number of benzene rings is 1. The first-order valence-electron chi connectivity index (χ1n) is 15.6. The van der Waals surface area contributed by atoms with Crippen molar-refractivity contribution in [1.29, 1.82) is 0 Å². The number of carbonyl (C=O) groups is 1. The van der Waals surface area contributed by atoms with Crippen LogP contribution in [0.3, 0.4) is 0 Å². The quantitative estimate of drug-likeness (QED) is 0.290. The molecule has 10 heteroatoms. The highest BCUT2D eigenvalue weighted by atomic mass is 32.1. The highest BCUT2D eigenvalue weighted by Crippen LogP contribution is 2.46. The fraction of sp³-hybridized carbons (Fsp3) is 0.400. The number of carbonyl (C=O) groups excluding carboxylic acids is 1. The number of nitrogens with one attached hydrogen (secondary N) is 1. The number of likely N-dealkylation sites (N-methyl/N-ethyl adjacent to an activating group) is 1. The van der Waals surface area contributed by atoms with Gasteiger partial charge in [-0.2, -0.15) is 0 Å². The van der Waals surface area contributed by atoms with Gasteiger partial charge >= 0.3 is 0 Å². The summed E-state index contributed by atoms with van der Waals surface area (Å²) in [6.07, 6.45) is 5.09. The van der Waals surface area contributed by atoms with Crippen LogP contribution in [0, 0.1) is 11.2 Å². The molecule has 1 aliphatic carbocycles. The number of aliphatic hydroxyl groups is 1. The SMILES string of the molecule is CCN1CCc2nc(Nc3cc(-c4cc(F)cc(N5CCc6c(sc7c6CC(C)(C)C7)C5=O)c4CO)cn(C)c3=O)ccc2C1. The zero-order valence-electron chi connectivity index (χ0n) is 26.2. The lowest BCUT2D eigenvalue weighted by atomic mass is 9.89. The maximum absolute atomic E-state index is 15.4. The van der Waals surface area contributed by atoms with Crippen LogP contribution in [-0.4, -0.2) is 45.1 Å². The van der Waals surface area contributed by atoms with Crippen molar-refractivity contribution >= 4 is 34.4 Å². The molecule has 45 heavy (non-hydrogen) atoms. The smallest absolute Gasteiger partial charge is 0.274 e. The van der Waals surface area contributed by atoms with Crippen molar-refractivity contribution in [3.8, 4) is 11.1 Å². The number of aryl methyl sites for hydroxylation is 1. The number of amides is 1. The predicted molar refractivity (Wildman–Crippen MR) is 176 cm³/mol. The van der Waals surface area contributed by atoms with Crippen molar-refractivity contribution in [2.45, 2.75) is 59.6 Å². The monoisotopic (exact) mass is 627 g/mol. The van der Waals surface area contributed by atoms with Gasteiger partial charge in [0.1, 0.15) is 17.3 Å². The standard InChI is InChI=1S/C35H38FN5O3S/c1-5-40-10-9-27-20(18-40)6-7-31(37-27)38-28-12-21(17-39(4)33(28)43)24-13-22(36)14-29(26(24)19-42)41-11-8-23-25-15-35(2,3)16-30(25)45-32(23)34(41)44/h6-7,12-14,17,42H,5,8-11,15-16,18-19H2,1-4H3,(H,37,38). The van der Waals surface area contributed by atoms with E-state index in [9.17, 15) is 14.7 Å². The number of pyridine rings is 2. The summed E-state index contributed by atoms with van der Waals surface area (Å²) < 4.78 is 16.8. The molecule has 0 bridgehead atoms. The molecule has 0 atom stereocenters. The van der Waals surface area contributed by atoms with Crippen LogP contribution >= 0.6 is 11.3 Å². The van der Waals surface area contributed by atoms with E-state index in [4.69, 9.17) is 4.98 Å². The van der Waals surface area contributed by atoms with Gasteiger partial charge in [0.25, 0.3) is 11.5 Å². The second-order valence-electron chi connectivity index (χ2n) is 13.2. The second-order valence-corrected chi connectivity index (χ2v) is 14.4. The van der Waals surface area contributed by atoms with E-state index in [0.717, 1.165) is 55.0 Å². The zero-order valence-corrected chi connectivity index (χ0v) is 27.0. The Morgan fingerprint density at radius 2 is 1.91 bits per heavy atom. The number of nitrogens with zero attached hydrogens (tertiary/aromatic N) is 4. The third kappa shape index (κ3) is 5.28. The average Bonchev–Trinajstić information content (AvgIpc) is 3.51. The zero-order chi connectivity index (χ0) is 31.6. The molecule has 5 heterocycles. The molecule has 1 amide bonds. The summed E-state index contributed by atoms with van der Waals surface area (Å²) in [7, 11) is 1.64. The number of anilines is 3. The van der Waals surface area contributed by atoms with E-state index in [-0.39, 0.29) is 22.6 Å². The minimum Gasteiger partial charge on any atom is -0.392 e. The van der Waals surface area contributed by atoms with Crippen LogP contribution in [0.2, 0.25) is 0 Å². The van der Waals surface area contributed by atoms with Gasteiger partial charge in [0.05, 0.1) is 17.2 Å². The van der Waals surface area contributed by atoms with Gasteiger partial charge in [-0.05, 0) is 77.7 Å². The predicted octanol–water partition coefficient (Wildman–Crippen LogP) is 5.59. The number of hydrogen-bond acceptors (Lipinski definition) is 7. The van der Waals surface area contributed by atoms with Crippen LogP contribution in [-0.2, 0) is 45.9 Å². The molecule has 0 spiro atoms. The molecule has 0 unspecified atom stereocenters. The van der Waals surface area contributed by atoms with Crippen molar-refractivity contribution in [3.63, 3.8) is 0 Å². The Bertz CT molecular complexity index is 1910. The molecule has 0 radical (unpaired) electrons. The molecule has 8 nitrogen and oxygen atoms in total. The molecule has 7 rings (SSSR count). The lowest BCUT2D eigenvalue weighted by Gasteiger charge is -2.30. The minimum absolute atomic E-state index is 0.150. The molecule has 0 fully saturated rings. The summed E-state index contributed by atoms with van der Waals surface area (Å²) in [5, 5.41) is 13.8. The third-order valence-corrected chi connectivity index (χ3v) is 10.8. The van der Waals surface area contributed by atoms with Crippen LogP contribution in [0.25, 0.3) is 11.1 Å². The minimum atomic E-state index is -0.521. The van der Waals surface area contributed by atoms with Crippen molar-refractivity contribution in [2.75, 3.05) is 29.9 Å². The summed E-state index contributed by atoms with van der Waals surface area (Å²) in [6, 6.07) is 8.29. The number of rotatable bonds is 6. The molecule has 234 valence electrons. The summed E-state index contributed by atoms with van der Waals surface area (Å²) >= 11 is 1.57. The van der Waals surface area contributed by atoms with E-state index < -0.39 is 12.4 Å². The van der Waals surface area contributed by atoms with E-state index in [0.29, 0.717) is 41.2 Å². The largest absolute Gasteiger partial charge is 0.392 e. The fourth-order valence-corrected chi connectivity index (χ4v) is 8.75. The fourth-order valence-electron chi connectivity index (χ4n) is 7.18. The van der Waals surface area contributed by atoms with E-state index in [1.54, 1.807) is 35.5 Å². The number of fused-ring (bicyclic) bond motifs is 4. The molecule has 2 N–H and O–H groups in total. The third-order valence-electron chi connectivity index (χ3n) is 9.49. The second kappa shape index (κ2) is 11.2. The number of halogens is 1. The van der Waals surface area contributed by atoms with Gasteiger partial charge in [-0.3, -0.25) is 14.5 Å². The van der Waals surface area contributed by atoms with Crippen LogP contribution < -0.4 is 15.8 Å².